The van der Waals surface area contributed by atoms with Crippen molar-refractivity contribution in [2.75, 3.05) is 19.8 Å². The van der Waals surface area contributed by atoms with Crippen LogP contribution in [0.4, 0.5) is 0 Å². The molecule has 0 aliphatic rings. The molecule has 0 saturated heterocycles. The average molecular weight is 271 g/mol. The highest BCUT2D eigenvalue weighted by Gasteiger charge is 2.16. The van der Waals surface area contributed by atoms with Gasteiger partial charge in [0.15, 0.2) is 0 Å². The Kier molecular flexibility index (Phi) is 8.07. The molecule has 0 fully saturated rings. The average Bonchev–Trinajstić information content (AvgIpc) is 2.23. The second-order valence-corrected chi connectivity index (χ2v) is 5.45. The molecule has 0 aromatic rings. The quantitative estimate of drug-likeness (QED) is 0.415. The Morgan fingerprint density at radius 1 is 1.21 bits per heavy atom. The fourth-order valence-corrected chi connectivity index (χ4v) is 1.21. The fraction of sp³-hybridized carbons (Fsp3) is 0.714. The van der Waals surface area contributed by atoms with Crippen LogP contribution < -0.4 is 5.32 Å². The van der Waals surface area contributed by atoms with Crippen molar-refractivity contribution in [2.45, 2.75) is 46.1 Å². The number of rotatable bonds is 8. The first kappa shape index (κ1) is 17.6. The molecule has 0 aromatic carbocycles. The fourth-order valence-electron chi connectivity index (χ4n) is 1.21. The smallest absolute Gasteiger partial charge is 0.306 e. The van der Waals surface area contributed by atoms with E-state index in [0.717, 1.165) is 5.57 Å². The van der Waals surface area contributed by atoms with E-state index in [4.69, 9.17) is 9.47 Å². The van der Waals surface area contributed by atoms with Crippen LogP contribution in [0, 0.1) is 0 Å². The summed E-state index contributed by atoms with van der Waals surface area (Å²) in [6.45, 7) is 12.3. The van der Waals surface area contributed by atoms with Crippen LogP contribution in [-0.2, 0) is 19.1 Å². The number of amides is 1. The predicted molar refractivity (Wildman–Crippen MR) is 73.7 cm³/mol. The zero-order valence-electron chi connectivity index (χ0n) is 12.4. The summed E-state index contributed by atoms with van der Waals surface area (Å²) in [5.41, 5.74) is 0.431. The molecule has 1 amide bonds. The minimum atomic E-state index is -0.510. The highest BCUT2D eigenvalue weighted by Crippen LogP contribution is 2.08. The van der Waals surface area contributed by atoms with E-state index in [2.05, 4.69) is 11.9 Å². The molecule has 0 heterocycles. The maximum Gasteiger partial charge on any atom is 0.306 e. The Hall–Kier alpha value is -1.36. The number of nitrogens with one attached hydrogen (secondary N) is 1. The van der Waals surface area contributed by atoms with Crippen molar-refractivity contribution in [2.24, 2.45) is 0 Å². The Labute approximate surface area is 115 Å². The largest absolute Gasteiger partial charge is 0.460 e. The van der Waals surface area contributed by atoms with E-state index in [1.54, 1.807) is 20.8 Å². The van der Waals surface area contributed by atoms with Gasteiger partial charge in [-0.1, -0.05) is 12.2 Å². The number of ether oxygens (including phenoxy) is 2. The highest BCUT2D eigenvalue weighted by molar-refractivity contribution is 5.81. The molecule has 0 bridgehead atoms. The van der Waals surface area contributed by atoms with Gasteiger partial charge in [0.2, 0.25) is 5.91 Å². The minimum absolute atomic E-state index is 0.0930. The molecule has 0 unspecified atom stereocenters. The third-order valence-corrected chi connectivity index (χ3v) is 1.89. The van der Waals surface area contributed by atoms with E-state index in [9.17, 15) is 9.59 Å². The van der Waals surface area contributed by atoms with E-state index in [-0.39, 0.29) is 24.7 Å². The standard InChI is InChI=1S/C14H25NO4/c1-11(2)10-18-9-8-15-12(16)6-7-13(17)19-14(3,4)5/h1,6-10H2,2-5H3,(H,15,16). The van der Waals surface area contributed by atoms with Crippen molar-refractivity contribution in [1.82, 2.24) is 5.32 Å². The first-order valence-corrected chi connectivity index (χ1v) is 6.41. The molecule has 5 nitrogen and oxygen atoms in total. The maximum absolute atomic E-state index is 11.4. The molecule has 5 heteroatoms. The van der Waals surface area contributed by atoms with Gasteiger partial charge in [0.05, 0.1) is 19.6 Å². The van der Waals surface area contributed by atoms with Crippen molar-refractivity contribution < 1.29 is 19.1 Å². The van der Waals surface area contributed by atoms with Crippen LogP contribution in [0.1, 0.15) is 40.5 Å². The molecule has 0 saturated carbocycles. The lowest BCUT2D eigenvalue weighted by Gasteiger charge is -2.19. The Bertz CT molecular complexity index is 318. The summed E-state index contributed by atoms with van der Waals surface area (Å²) in [5, 5.41) is 2.67. The van der Waals surface area contributed by atoms with Gasteiger partial charge in [0.1, 0.15) is 5.60 Å². The molecule has 0 aliphatic carbocycles. The minimum Gasteiger partial charge on any atom is -0.460 e. The summed E-state index contributed by atoms with van der Waals surface area (Å²) >= 11 is 0. The summed E-state index contributed by atoms with van der Waals surface area (Å²) in [7, 11) is 0. The van der Waals surface area contributed by atoms with Gasteiger partial charge < -0.3 is 14.8 Å². The van der Waals surface area contributed by atoms with Crippen LogP contribution in [-0.4, -0.2) is 37.2 Å². The summed E-state index contributed by atoms with van der Waals surface area (Å²) in [5.74, 6) is -0.536. The van der Waals surface area contributed by atoms with Crippen LogP contribution in [0.25, 0.3) is 0 Å². The Morgan fingerprint density at radius 2 is 1.84 bits per heavy atom. The Morgan fingerprint density at radius 3 is 2.37 bits per heavy atom. The van der Waals surface area contributed by atoms with Crippen LogP contribution in [0.15, 0.2) is 12.2 Å². The molecular formula is C14H25NO4. The normalized spacial score (nSPS) is 10.9. The summed E-state index contributed by atoms with van der Waals surface area (Å²) in [6.07, 6.45) is 0.227. The van der Waals surface area contributed by atoms with Gasteiger partial charge >= 0.3 is 5.97 Å². The lowest BCUT2D eigenvalue weighted by molar-refractivity contribution is -0.155. The van der Waals surface area contributed by atoms with Crippen LogP contribution >= 0.6 is 0 Å². The molecule has 0 atom stereocenters. The van der Waals surface area contributed by atoms with E-state index in [1.807, 2.05) is 6.92 Å². The second kappa shape index (κ2) is 8.69. The van der Waals surface area contributed by atoms with Crippen molar-refractivity contribution in [3.63, 3.8) is 0 Å². The van der Waals surface area contributed by atoms with Gasteiger partial charge in [0, 0.05) is 13.0 Å². The number of hydrogen-bond acceptors (Lipinski definition) is 4. The van der Waals surface area contributed by atoms with E-state index in [1.165, 1.54) is 0 Å². The van der Waals surface area contributed by atoms with Crippen molar-refractivity contribution in [3.8, 4) is 0 Å². The summed E-state index contributed by atoms with van der Waals surface area (Å²) in [6, 6.07) is 0. The second-order valence-electron chi connectivity index (χ2n) is 5.45. The van der Waals surface area contributed by atoms with Crippen LogP contribution in [0.3, 0.4) is 0 Å². The van der Waals surface area contributed by atoms with Gasteiger partial charge in [-0.15, -0.1) is 0 Å². The van der Waals surface area contributed by atoms with Gasteiger partial charge in [-0.2, -0.15) is 0 Å². The molecular weight excluding hydrogens is 246 g/mol. The molecule has 0 rings (SSSR count). The predicted octanol–water partition coefficient (Wildman–Crippen LogP) is 1.82. The molecule has 0 radical (unpaired) electrons. The van der Waals surface area contributed by atoms with Crippen molar-refractivity contribution in [1.29, 1.82) is 0 Å². The van der Waals surface area contributed by atoms with E-state index >= 15 is 0 Å². The number of hydrogen-bond donors (Lipinski definition) is 1. The van der Waals surface area contributed by atoms with Gasteiger partial charge in [0.25, 0.3) is 0 Å². The molecule has 19 heavy (non-hydrogen) atoms. The topological polar surface area (TPSA) is 64.6 Å². The summed E-state index contributed by atoms with van der Waals surface area (Å²) < 4.78 is 10.3. The SMILES string of the molecule is C=C(C)COCCNC(=O)CCC(=O)OC(C)(C)C. The van der Waals surface area contributed by atoms with Gasteiger partial charge in [-0.05, 0) is 27.7 Å². The van der Waals surface area contributed by atoms with Gasteiger partial charge in [-0.3, -0.25) is 9.59 Å². The van der Waals surface area contributed by atoms with Gasteiger partial charge in [-0.25, -0.2) is 0 Å². The third kappa shape index (κ3) is 12.9. The van der Waals surface area contributed by atoms with Crippen molar-refractivity contribution in [3.05, 3.63) is 12.2 Å². The first-order chi connectivity index (χ1) is 8.70. The van der Waals surface area contributed by atoms with Crippen LogP contribution in [0.5, 0.6) is 0 Å². The van der Waals surface area contributed by atoms with E-state index in [0.29, 0.717) is 19.8 Å². The number of carbonyl (C=O) groups is 2. The Balaban J connectivity index is 3.59. The number of esters is 1. The number of carbonyl (C=O) groups excluding carboxylic acids is 2. The third-order valence-electron chi connectivity index (χ3n) is 1.89. The lowest BCUT2D eigenvalue weighted by Crippen LogP contribution is -2.29. The summed E-state index contributed by atoms with van der Waals surface area (Å²) in [4.78, 5) is 22.8. The molecule has 110 valence electrons. The van der Waals surface area contributed by atoms with Crippen LogP contribution in [0.2, 0.25) is 0 Å². The lowest BCUT2D eigenvalue weighted by atomic mass is 10.2. The molecule has 0 spiro atoms. The molecule has 1 N–H and O–H groups in total. The van der Waals surface area contributed by atoms with Crippen molar-refractivity contribution >= 4 is 11.9 Å². The highest BCUT2D eigenvalue weighted by atomic mass is 16.6. The maximum atomic E-state index is 11.4. The molecule has 0 aromatic heterocycles. The first-order valence-electron chi connectivity index (χ1n) is 6.41. The van der Waals surface area contributed by atoms with E-state index < -0.39 is 5.60 Å². The monoisotopic (exact) mass is 271 g/mol. The zero-order valence-corrected chi connectivity index (χ0v) is 12.4. The zero-order chi connectivity index (χ0) is 14.9. The molecule has 0 aliphatic heterocycles.